The van der Waals surface area contributed by atoms with Gasteiger partial charge in [-0.2, -0.15) is 5.43 Å². The zero-order chi connectivity index (χ0) is 13.8. The SMILES string of the molecule is CN1C(=S)NNC12C(=O)Nc1ccc([N+](=O)[O-])cc12. The van der Waals surface area contributed by atoms with Crippen molar-refractivity contribution >= 4 is 34.6 Å². The standard InChI is InChI=1S/C10H9N5O3S/c1-14-9(19)12-13-10(14)6-4-5(15(17)18)2-3-7(6)11-8(10)16/h2-4,13H,1H3,(H,11,16)(H,12,19). The Balaban J connectivity index is 2.21. The summed E-state index contributed by atoms with van der Waals surface area (Å²) in [5.74, 6) is -0.335. The molecule has 1 atom stereocenters. The van der Waals surface area contributed by atoms with Gasteiger partial charge in [0.05, 0.1) is 4.92 Å². The third kappa shape index (κ3) is 1.36. The van der Waals surface area contributed by atoms with Crippen LogP contribution < -0.4 is 16.2 Å². The highest BCUT2D eigenvalue weighted by Crippen LogP contribution is 2.41. The molecular weight excluding hydrogens is 270 g/mol. The van der Waals surface area contributed by atoms with Crippen molar-refractivity contribution in [1.29, 1.82) is 0 Å². The number of fused-ring (bicyclic) bond motifs is 2. The second kappa shape index (κ2) is 3.62. The Bertz CT molecular complexity index is 634. The van der Waals surface area contributed by atoms with Crippen molar-refractivity contribution < 1.29 is 9.72 Å². The summed E-state index contributed by atoms with van der Waals surface area (Å²) in [5.41, 5.74) is 5.19. The zero-order valence-electron chi connectivity index (χ0n) is 9.76. The normalized spacial score (nSPS) is 24.4. The number of hydrogen-bond donors (Lipinski definition) is 3. The van der Waals surface area contributed by atoms with E-state index in [0.717, 1.165) is 0 Å². The molecule has 0 bridgehead atoms. The van der Waals surface area contributed by atoms with Gasteiger partial charge in [-0.05, 0) is 18.3 Å². The number of nitro groups is 1. The van der Waals surface area contributed by atoms with E-state index in [2.05, 4.69) is 16.2 Å². The predicted molar refractivity (Wildman–Crippen MR) is 70.0 cm³/mol. The molecule has 1 amide bonds. The molecule has 0 saturated carbocycles. The van der Waals surface area contributed by atoms with E-state index in [4.69, 9.17) is 12.2 Å². The van der Waals surface area contributed by atoms with Crippen molar-refractivity contribution in [1.82, 2.24) is 15.8 Å². The molecule has 2 heterocycles. The van der Waals surface area contributed by atoms with Crippen molar-refractivity contribution in [2.75, 3.05) is 12.4 Å². The third-order valence-electron chi connectivity index (χ3n) is 3.34. The number of benzene rings is 1. The Labute approximate surface area is 112 Å². The molecular formula is C10H9N5O3S. The van der Waals surface area contributed by atoms with Gasteiger partial charge >= 0.3 is 0 Å². The van der Waals surface area contributed by atoms with E-state index in [1.165, 1.54) is 23.1 Å². The number of carbonyl (C=O) groups excluding carboxylic acids is 1. The van der Waals surface area contributed by atoms with Gasteiger partial charge in [0, 0.05) is 30.4 Å². The van der Waals surface area contributed by atoms with Crippen molar-refractivity contribution in [3.8, 4) is 0 Å². The van der Waals surface area contributed by atoms with E-state index >= 15 is 0 Å². The van der Waals surface area contributed by atoms with Gasteiger partial charge in [0.15, 0.2) is 5.11 Å². The minimum atomic E-state index is -1.24. The Morgan fingerprint density at radius 1 is 1.47 bits per heavy atom. The lowest BCUT2D eigenvalue weighted by Crippen LogP contribution is -2.53. The van der Waals surface area contributed by atoms with Gasteiger partial charge in [-0.15, -0.1) is 0 Å². The first-order chi connectivity index (χ1) is 8.96. The van der Waals surface area contributed by atoms with Crippen molar-refractivity contribution in [2.45, 2.75) is 5.66 Å². The van der Waals surface area contributed by atoms with Gasteiger partial charge < -0.3 is 10.2 Å². The van der Waals surface area contributed by atoms with Gasteiger partial charge in [-0.25, -0.2) is 0 Å². The molecule has 8 nitrogen and oxygen atoms in total. The fourth-order valence-electron chi connectivity index (χ4n) is 2.31. The number of amides is 1. The molecule has 19 heavy (non-hydrogen) atoms. The zero-order valence-corrected chi connectivity index (χ0v) is 10.6. The molecule has 2 aliphatic rings. The number of rotatable bonds is 1. The number of anilines is 1. The molecule has 3 N–H and O–H groups in total. The summed E-state index contributed by atoms with van der Waals surface area (Å²) >= 11 is 5.06. The smallest absolute Gasteiger partial charge is 0.272 e. The van der Waals surface area contributed by atoms with Crippen LogP contribution in [-0.4, -0.2) is 27.9 Å². The summed E-state index contributed by atoms with van der Waals surface area (Å²) in [5, 5.41) is 13.9. The molecule has 98 valence electrons. The molecule has 3 rings (SSSR count). The number of carbonyl (C=O) groups is 1. The van der Waals surface area contributed by atoms with E-state index in [1.807, 2.05) is 0 Å². The van der Waals surface area contributed by atoms with Gasteiger partial charge in [0.2, 0.25) is 5.66 Å². The number of hydrazine groups is 1. The number of nitrogens with zero attached hydrogens (tertiary/aromatic N) is 2. The molecule has 1 unspecified atom stereocenters. The van der Waals surface area contributed by atoms with E-state index in [0.29, 0.717) is 16.4 Å². The van der Waals surface area contributed by atoms with Crippen LogP contribution >= 0.6 is 12.2 Å². The lowest BCUT2D eigenvalue weighted by molar-refractivity contribution is -0.384. The van der Waals surface area contributed by atoms with E-state index in [-0.39, 0.29) is 11.6 Å². The Hall–Kier alpha value is -2.26. The topological polar surface area (TPSA) is 99.5 Å². The lowest BCUT2D eigenvalue weighted by atomic mass is 10.00. The van der Waals surface area contributed by atoms with Gasteiger partial charge in [-0.1, -0.05) is 0 Å². The predicted octanol–water partition coefficient (Wildman–Crippen LogP) is 0.0242. The van der Waals surface area contributed by atoms with Crippen molar-refractivity contribution in [3.05, 3.63) is 33.9 Å². The van der Waals surface area contributed by atoms with E-state index in [9.17, 15) is 14.9 Å². The number of non-ortho nitro benzene ring substituents is 1. The van der Waals surface area contributed by atoms with Crippen LogP contribution in [0, 0.1) is 10.1 Å². The monoisotopic (exact) mass is 279 g/mol. The molecule has 1 fully saturated rings. The molecule has 1 saturated heterocycles. The Morgan fingerprint density at radius 2 is 2.21 bits per heavy atom. The average Bonchev–Trinajstić information content (AvgIpc) is 2.83. The van der Waals surface area contributed by atoms with Crippen LogP contribution in [0.1, 0.15) is 5.56 Å². The highest BCUT2D eigenvalue weighted by atomic mass is 32.1. The summed E-state index contributed by atoms with van der Waals surface area (Å²) in [6, 6.07) is 4.22. The molecule has 1 aromatic carbocycles. The Kier molecular flexibility index (Phi) is 2.25. The quantitative estimate of drug-likeness (QED) is 0.379. The number of nitro benzene ring substituents is 1. The van der Waals surface area contributed by atoms with Crippen LogP contribution in [0.5, 0.6) is 0 Å². The minimum Gasteiger partial charge on any atom is -0.322 e. The summed E-state index contributed by atoms with van der Waals surface area (Å²) in [4.78, 5) is 24.1. The number of nitrogens with one attached hydrogen (secondary N) is 3. The first-order valence-electron chi connectivity index (χ1n) is 5.38. The average molecular weight is 279 g/mol. The molecule has 9 heteroatoms. The molecule has 0 radical (unpaired) electrons. The maximum Gasteiger partial charge on any atom is 0.272 e. The maximum absolute atomic E-state index is 12.2. The van der Waals surface area contributed by atoms with Crippen LogP contribution in [0.25, 0.3) is 0 Å². The van der Waals surface area contributed by atoms with Crippen molar-refractivity contribution in [3.63, 3.8) is 0 Å². The lowest BCUT2D eigenvalue weighted by Gasteiger charge is -2.28. The molecule has 0 aliphatic carbocycles. The van der Waals surface area contributed by atoms with Crippen LogP contribution in [0.3, 0.4) is 0 Å². The fourth-order valence-corrected chi connectivity index (χ4v) is 2.50. The fraction of sp³-hybridized carbons (Fsp3) is 0.200. The summed E-state index contributed by atoms with van der Waals surface area (Å²) < 4.78 is 0. The van der Waals surface area contributed by atoms with Crippen LogP contribution in [-0.2, 0) is 10.5 Å². The first kappa shape index (κ1) is 11.8. The van der Waals surface area contributed by atoms with E-state index in [1.54, 1.807) is 7.05 Å². The molecule has 1 spiro atoms. The highest BCUT2D eigenvalue weighted by molar-refractivity contribution is 7.80. The number of likely N-dealkylation sites (N-methyl/N-ethyl adjacent to an activating group) is 1. The molecule has 1 aromatic rings. The van der Waals surface area contributed by atoms with Crippen LogP contribution in [0.4, 0.5) is 11.4 Å². The Morgan fingerprint density at radius 3 is 2.79 bits per heavy atom. The first-order valence-corrected chi connectivity index (χ1v) is 5.79. The van der Waals surface area contributed by atoms with Gasteiger partial charge in [0.25, 0.3) is 11.6 Å². The summed E-state index contributed by atoms with van der Waals surface area (Å²) in [6.45, 7) is 0. The second-order valence-corrected chi connectivity index (χ2v) is 4.65. The molecule has 2 aliphatic heterocycles. The van der Waals surface area contributed by atoms with E-state index < -0.39 is 10.6 Å². The molecule has 0 aromatic heterocycles. The van der Waals surface area contributed by atoms with Crippen LogP contribution in [0.15, 0.2) is 18.2 Å². The number of hydrogen-bond acceptors (Lipinski definition) is 5. The van der Waals surface area contributed by atoms with Crippen LogP contribution in [0.2, 0.25) is 0 Å². The second-order valence-electron chi connectivity index (χ2n) is 4.27. The highest BCUT2D eigenvalue weighted by Gasteiger charge is 2.55. The number of thiocarbonyl (C=S) groups is 1. The third-order valence-corrected chi connectivity index (χ3v) is 3.71. The van der Waals surface area contributed by atoms with Gasteiger partial charge in [-0.3, -0.25) is 20.3 Å². The summed E-state index contributed by atoms with van der Waals surface area (Å²) in [6.07, 6.45) is 0. The minimum absolute atomic E-state index is 0.0809. The largest absolute Gasteiger partial charge is 0.322 e. The summed E-state index contributed by atoms with van der Waals surface area (Å²) in [7, 11) is 1.64. The van der Waals surface area contributed by atoms with Gasteiger partial charge in [0.1, 0.15) is 0 Å². The maximum atomic E-state index is 12.2. The van der Waals surface area contributed by atoms with Crippen molar-refractivity contribution in [2.24, 2.45) is 0 Å².